The molecule has 38 heavy (non-hydrogen) atoms. The number of nitrogens with one attached hydrogen (secondary N) is 2. The van der Waals surface area contributed by atoms with E-state index in [4.69, 9.17) is 14.7 Å². The second-order valence-corrected chi connectivity index (χ2v) is 9.55. The van der Waals surface area contributed by atoms with Crippen LogP contribution in [0.15, 0.2) is 48.5 Å². The van der Waals surface area contributed by atoms with Gasteiger partial charge in [0.15, 0.2) is 18.2 Å². The van der Waals surface area contributed by atoms with Crippen LogP contribution in [0, 0.1) is 11.3 Å². The fourth-order valence-corrected chi connectivity index (χ4v) is 5.37. The molecule has 1 saturated heterocycles. The van der Waals surface area contributed by atoms with Gasteiger partial charge in [0.25, 0.3) is 5.91 Å². The van der Waals surface area contributed by atoms with E-state index in [2.05, 4.69) is 20.6 Å². The second-order valence-electron chi connectivity index (χ2n) is 9.55. The first-order valence-electron chi connectivity index (χ1n) is 12.5. The van der Waals surface area contributed by atoms with Gasteiger partial charge in [-0.05, 0) is 49.6 Å². The number of rotatable bonds is 5. The molecular weight excluding hydrogens is 488 g/mol. The van der Waals surface area contributed by atoms with Gasteiger partial charge in [-0.1, -0.05) is 18.2 Å². The zero-order valence-electron chi connectivity index (χ0n) is 20.4. The number of hydrogen-bond donors (Lipinski definition) is 4. The standard InChI is InChI=1S/C27H26N6O5/c28-12-17-4-2-6-19(30-17)18-5-1-3-15(25(18)35)13-29-16-7-8-20-22(11-16)38-27(36)33(20)23-10-9-21-26(31-23)32-24(34)14-37-21/h1-6,9-10,16,20,22,27,29,35-36H,7-8,11,13-14H2,(H,31,32,34)/t16-,20-,22-,27?/m1/s1. The fourth-order valence-electron chi connectivity index (χ4n) is 5.37. The minimum Gasteiger partial charge on any atom is -0.507 e. The topological polar surface area (TPSA) is 153 Å². The van der Waals surface area contributed by atoms with Gasteiger partial charge in [0.2, 0.25) is 6.41 Å². The van der Waals surface area contributed by atoms with Crippen molar-refractivity contribution in [2.24, 2.45) is 0 Å². The van der Waals surface area contributed by atoms with Crippen molar-refractivity contribution in [3.63, 3.8) is 0 Å². The molecule has 4 N–H and O–H groups in total. The van der Waals surface area contributed by atoms with E-state index in [1.807, 2.05) is 18.2 Å². The van der Waals surface area contributed by atoms with Gasteiger partial charge in [-0.3, -0.25) is 4.79 Å². The summed E-state index contributed by atoms with van der Waals surface area (Å²) in [6, 6.07) is 16.2. The lowest BCUT2D eigenvalue weighted by Crippen LogP contribution is -2.46. The van der Waals surface area contributed by atoms with Crippen molar-refractivity contribution in [1.82, 2.24) is 15.3 Å². The van der Waals surface area contributed by atoms with Crippen LogP contribution >= 0.6 is 0 Å². The number of benzene rings is 1. The number of phenolic OH excluding ortho intramolecular Hbond substituents is 1. The Labute approximate surface area is 218 Å². The van der Waals surface area contributed by atoms with Crippen molar-refractivity contribution in [1.29, 1.82) is 5.26 Å². The summed E-state index contributed by atoms with van der Waals surface area (Å²) in [4.78, 5) is 22.2. The number of amides is 1. The summed E-state index contributed by atoms with van der Waals surface area (Å²) >= 11 is 0. The van der Waals surface area contributed by atoms with Crippen LogP contribution in [0.3, 0.4) is 0 Å². The van der Waals surface area contributed by atoms with Gasteiger partial charge in [-0.25, -0.2) is 9.97 Å². The molecule has 1 saturated carbocycles. The number of pyridine rings is 2. The Balaban J connectivity index is 1.12. The van der Waals surface area contributed by atoms with E-state index in [-0.39, 0.29) is 36.5 Å². The summed E-state index contributed by atoms with van der Waals surface area (Å²) in [5.74, 6) is 1.20. The molecule has 4 atom stereocenters. The van der Waals surface area contributed by atoms with Gasteiger partial charge >= 0.3 is 0 Å². The summed E-state index contributed by atoms with van der Waals surface area (Å²) in [6.07, 6.45) is 0.919. The minimum atomic E-state index is -1.15. The van der Waals surface area contributed by atoms with Crippen LogP contribution in [-0.4, -0.2) is 57.3 Å². The summed E-state index contributed by atoms with van der Waals surface area (Å²) in [7, 11) is 0. The molecule has 1 aliphatic carbocycles. The monoisotopic (exact) mass is 514 g/mol. The van der Waals surface area contributed by atoms with E-state index >= 15 is 0 Å². The van der Waals surface area contributed by atoms with Gasteiger partial charge in [0, 0.05) is 23.7 Å². The quantitative estimate of drug-likeness (QED) is 0.399. The number of para-hydroxylation sites is 1. The number of anilines is 2. The molecule has 2 aromatic heterocycles. The van der Waals surface area contributed by atoms with Crippen LogP contribution in [0.1, 0.15) is 30.5 Å². The first-order valence-corrected chi connectivity index (χ1v) is 12.5. The number of aromatic hydroxyl groups is 1. The van der Waals surface area contributed by atoms with Crippen molar-refractivity contribution >= 4 is 17.5 Å². The Bertz CT molecular complexity index is 1430. The summed E-state index contributed by atoms with van der Waals surface area (Å²) in [6.45, 7) is 0.397. The first kappa shape index (κ1) is 24.1. The molecule has 0 bridgehead atoms. The Morgan fingerprint density at radius 2 is 2.03 bits per heavy atom. The van der Waals surface area contributed by atoms with Crippen LogP contribution in [0.4, 0.5) is 11.6 Å². The maximum Gasteiger partial charge on any atom is 0.263 e. The normalized spacial score (nSPS) is 24.1. The van der Waals surface area contributed by atoms with E-state index < -0.39 is 6.41 Å². The van der Waals surface area contributed by atoms with Crippen LogP contribution in [0.25, 0.3) is 11.3 Å². The Morgan fingerprint density at radius 3 is 2.89 bits per heavy atom. The zero-order chi connectivity index (χ0) is 26.2. The van der Waals surface area contributed by atoms with Gasteiger partial charge in [0.05, 0.1) is 17.8 Å². The number of phenols is 1. The SMILES string of the molecule is N#Cc1cccc(-c2cccc(CN[C@@H]3CC[C@@H]4[C@@H](C3)OC(O)N4c3ccc4c(n3)NC(=O)CO4)c2O)n1. The molecular formula is C27H26N6O5. The Hall–Kier alpha value is -4.24. The van der Waals surface area contributed by atoms with Crippen molar-refractivity contribution in [3.8, 4) is 28.8 Å². The predicted molar refractivity (Wildman–Crippen MR) is 136 cm³/mol. The molecule has 0 spiro atoms. The van der Waals surface area contributed by atoms with E-state index in [0.717, 1.165) is 18.4 Å². The third-order valence-corrected chi connectivity index (χ3v) is 7.21. The second kappa shape index (κ2) is 9.90. The highest BCUT2D eigenvalue weighted by atomic mass is 16.6. The average molecular weight is 515 g/mol. The number of carbonyl (C=O) groups is 1. The lowest BCUT2D eigenvalue weighted by Gasteiger charge is -2.35. The number of carbonyl (C=O) groups excluding carboxylic acids is 1. The van der Waals surface area contributed by atoms with Gasteiger partial charge < -0.3 is 35.2 Å². The van der Waals surface area contributed by atoms with Crippen molar-refractivity contribution in [2.45, 2.75) is 50.4 Å². The molecule has 2 fully saturated rings. The maximum atomic E-state index is 11.7. The molecule has 4 heterocycles. The highest BCUT2D eigenvalue weighted by Gasteiger charge is 2.45. The highest BCUT2D eigenvalue weighted by Crippen LogP contribution is 2.38. The molecule has 3 aliphatic rings. The van der Waals surface area contributed by atoms with Crippen LogP contribution in [0.5, 0.6) is 11.5 Å². The number of ether oxygens (including phenoxy) is 2. The van der Waals surface area contributed by atoms with Crippen LogP contribution in [0.2, 0.25) is 0 Å². The third-order valence-electron chi connectivity index (χ3n) is 7.21. The predicted octanol–water partition coefficient (Wildman–Crippen LogP) is 2.24. The molecule has 6 rings (SSSR count). The third kappa shape index (κ3) is 4.50. The smallest absolute Gasteiger partial charge is 0.263 e. The van der Waals surface area contributed by atoms with Crippen molar-refractivity contribution in [2.75, 3.05) is 16.8 Å². The lowest BCUT2D eigenvalue weighted by atomic mass is 9.88. The van der Waals surface area contributed by atoms with E-state index in [1.165, 1.54) is 0 Å². The van der Waals surface area contributed by atoms with Gasteiger partial charge in [-0.15, -0.1) is 0 Å². The Kier molecular flexibility index (Phi) is 6.29. The number of fused-ring (bicyclic) bond motifs is 2. The van der Waals surface area contributed by atoms with Gasteiger partial charge in [-0.2, -0.15) is 5.26 Å². The van der Waals surface area contributed by atoms with E-state index in [1.54, 1.807) is 41.3 Å². The zero-order valence-corrected chi connectivity index (χ0v) is 20.4. The highest BCUT2D eigenvalue weighted by molar-refractivity contribution is 5.94. The van der Waals surface area contributed by atoms with Gasteiger partial charge in [0.1, 0.15) is 23.3 Å². The fraction of sp³-hybridized carbons (Fsp3) is 0.333. The van der Waals surface area contributed by atoms with Crippen LogP contribution in [-0.2, 0) is 16.1 Å². The van der Waals surface area contributed by atoms with Crippen molar-refractivity contribution in [3.05, 3.63) is 59.8 Å². The largest absolute Gasteiger partial charge is 0.507 e. The molecule has 11 heteroatoms. The van der Waals surface area contributed by atoms with E-state index in [9.17, 15) is 15.0 Å². The summed E-state index contributed by atoms with van der Waals surface area (Å²) in [5, 5.41) is 37.0. The number of aliphatic hydroxyl groups is 1. The first-order chi connectivity index (χ1) is 18.5. The summed E-state index contributed by atoms with van der Waals surface area (Å²) in [5.41, 5.74) is 2.13. The molecule has 3 aromatic rings. The molecule has 1 unspecified atom stereocenters. The average Bonchev–Trinajstić information content (AvgIpc) is 3.26. The van der Waals surface area contributed by atoms with Crippen LogP contribution < -0.4 is 20.3 Å². The van der Waals surface area contributed by atoms with Crippen molar-refractivity contribution < 1.29 is 24.5 Å². The number of nitriles is 1. The number of aliphatic hydroxyl groups excluding tert-OH is 1. The number of hydrogen-bond acceptors (Lipinski definition) is 10. The van der Waals surface area contributed by atoms with E-state index in [0.29, 0.717) is 47.3 Å². The molecule has 2 aliphatic heterocycles. The molecule has 194 valence electrons. The molecule has 0 radical (unpaired) electrons. The maximum absolute atomic E-state index is 11.7. The minimum absolute atomic E-state index is 0.0457. The molecule has 1 amide bonds. The Morgan fingerprint density at radius 1 is 1.16 bits per heavy atom. The lowest BCUT2D eigenvalue weighted by molar-refractivity contribution is -0.118. The number of nitrogens with zero attached hydrogens (tertiary/aromatic N) is 4. The molecule has 11 nitrogen and oxygen atoms in total. The number of aromatic nitrogens is 2. The summed E-state index contributed by atoms with van der Waals surface area (Å²) < 4.78 is 11.3. The molecule has 1 aromatic carbocycles.